The van der Waals surface area contributed by atoms with Crippen molar-refractivity contribution in [2.75, 3.05) is 25.9 Å². The van der Waals surface area contributed by atoms with Gasteiger partial charge in [0.1, 0.15) is 5.75 Å². The van der Waals surface area contributed by atoms with Crippen LogP contribution in [0.15, 0.2) is 30.3 Å². The minimum Gasteiger partial charge on any atom is -0.496 e. The van der Waals surface area contributed by atoms with Gasteiger partial charge in [-0.25, -0.2) is 0 Å². The van der Waals surface area contributed by atoms with E-state index in [2.05, 4.69) is 22.3 Å². The Morgan fingerprint density at radius 1 is 1.30 bits per heavy atom. The Labute approximate surface area is 165 Å². The molecular weight excluding hydrogens is 362 g/mol. The van der Waals surface area contributed by atoms with Crippen LogP contribution < -0.4 is 15.8 Å². The van der Waals surface area contributed by atoms with E-state index in [1.165, 1.54) is 5.56 Å². The first-order valence-corrected chi connectivity index (χ1v) is 9.49. The molecular formula is C21H26ClN3O2. The Hall–Kier alpha value is -2.24. The number of benzene rings is 2. The number of amides is 1. The molecule has 0 saturated carbocycles. The lowest BCUT2D eigenvalue weighted by molar-refractivity contribution is 0.0934. The molecule has 0 bridgehead atoms. The summed E-state index contributed by atoms with van der Waals surface area (Å²) in [6, 6.07) is 10.5. The van der Waals surface area contributed by atoms with E-state index in [1.807, 2.05) is 25.1 Å². The number of nitrogens with two attached hydrogens (primary N) is 1. The van der Waals surface area contributed by atoms with Crippen molar-refractivity contribution in [3.05, 3.63) is 57.6 Å². The second-order valence-corrected chi connectivity index (χ2v) is 7.44. The van der Waals surface area contributed by atoms with Gasteiger partial charge in [-0.3, -0.25) is 9.69 Å². The number of nitrogens with zero attached hydrogens (tertiary/aromatic N) is 1. The lowest BCUT2D eigenvalue weighted by Crippen LogP contribution is -2.37. The van der Waals surface area contributed by atoms with Crippen LogP contribution in [0, 0.1) is 13.8 Å². The molecule has 1 saturated heterocycles. The number of rotatable bonds is 5. The standard InChI is InChI=1S/C21H26ClN3O2/c1-13-17(20(27-3)14(2)19(23)18(13)22)21(26)24-16-9-10-25(12-16)11-15-7-5-4-6-8-15/h4-8,16H,9-12,23H2,1-3H3,(H,24,26). The number of hydrogen-bond acceptors (Lipinski definition) is 4. The molecule has 2 aromatic rings. The molecule has 144 valence electrons. The Balaban J connectivity index is 1.71. The molecule has 3 N–H and O–H groups in total. The summed E-state index contributed by atoms with van der Waals surface area (Å²) in [7, 11) is 1.54. The average molecular weight is 388 g/mol. The lowest BCUT2D eigenvalue weighted by Gasteiger charge is -2.20. The molecule has 1 atom stereocenters. The zero-order valence-corrected chi connectivity index (χ0v) is 16.8. The number of methoxy groups -OCH3 is 1. The summed E-state index contributed by atoms with van der Waals surface area (Å²) in [5.74, 6) is 0.326. The lowest BCUT2D eigenvalue weighted by atomic mass is 10.0. The molecule has 1 amide bonds. The van der Waals surface area contributed by atoms with Gasteiger partial charge in [0.25, 0.3) is 5.91 Å². The smallest absolute Gasteiger partial charge is 0.255 e. The van der Waals surface area contributed by atoms with E-state index in [0.29, 0.717) is 33.1 Å². The molecule has 0 aromatic heterocycles. The highest BCUT2D eigenvalue weighted by molar-refractivity contribution is 6.34. The van der Waals surface area contributed by atoms with Crippen LogP contribution in [0.5, 0.6) is 5.75 Å². The van der Waals surface area contributed by atoms with Crippen molar-refractivity contribution in [3.63, 3.8) is 0 Å². The van der Waals surface area contributed by atoms with Crippen LogP contribution in [0.25, 0.3) is 0 Å². The maximum Gasteiger partial charge on any atom is 0.255 e. The maximum atomic E-state index is 13.0. The highest BCUT2D eigenvalue weighted by Gasteiger charge is 2.28. The van der Waals surface area contributed by atoms with Gasteiger partial charge in [0.15, 0.2) is 0 Å². The molecule has 1 aliphatic heterocycles. The topological polar surface area (TPSA) is 67.6 Å². The monoisotopic (exact) mass is 387 g/mol. The van der Waals surface area contributed by atoms with Crippen LogP contribution in [0.4, 0.5) is 5.69 Å². The first kappa shape index (κ1) is 19.5. The van der Waals surface area contributed by atoms with E-state index < -0.39 is 0 Å². The minimum absolute atomic E-state index is 0.0990. The van der Waals surface area contributed by atoms with Gasteiger partial charge in [-0.15, -0.1) is 0 Å². The molecule has 3 rings (SSSR count). The van der Waals surface area contributed by atoms with Crippen LogP contribution in [-0.4, -0.2) is 37.0 Å². The first-order valence-electron chi connectivity index (χ1n) is 9.11. The molecule has 1 unspecified atom stereocenters. The molecule has 2 aromatic carbocycles. The van der Waals surface area contributed by atoms with Crippen molar-refractivity contribution >= 4 is 23.2 Å². The number of carbonyl (C=O) groups excluding carboxylic acids is 1. The number of anilines is 1. The van der Waals surface area contributed by atoms with Gasteiger partial charge >= 0.3 is 0 Å². The molecule has 0 radical (unpaired) electrons. The minimum atomic E-state index is -0.166. The van der Waals surface area contributed by atoms with Gasteiger partial charge in [0, 0.05) is 31.2 Å². The zero-order valence-electron chi connectivity index (χ0n) is 16.0. The number of nitrogen functional groups attached to an aromatic ring is 1. The normalized spacial score (nSPS) is 17.1. The predicted octanol–water partition coefficient (Wildman–Crippen LogP) is 3.55. The number of ether oxygens (including phenoxy) is 1. The van der Waals surface area contributed by atoms with E-state index in [0.717, 1.165) is 26.1 Å². The van der Waals surface area contributed by atoms with Gasteiger partial charge in [-0.2, -0.15) is 0 Å². The van der Waals surface area contributed by atoms with Gasteiger partial charge in [0.2, 0.25) is 0 Å². The third kappa shape index (κ3) is 4.04. The maximum absolute atomic E-state index is 13.0. The quantitative estimate of drug-likeness (QED) is 0.770. The summed E-state index contributed by atoms with van der Waals surface area (Å²) in [4.78, 5) is 15.3. The first-order chi connectivity index (χ1) is 12.9. The SMILES string of the molecule is COc1c(C)c(N)c(Cl)c(C)c1C(=O)NC1CCN(Cc2ccccc2)C1. The number of carbonyl (C=O) groups is 1. The fourth-order valence-corrected chi connectivity index (χ4v) is 3.91. The number of likely N-dealkylation sites (tertiary alicyclic amines) is 1. The van der Waals surface area contributed by atoms with E-state index in [1.54, 1.807) is 14.0 Å². The Kier molecular flexibility index (Phi) is 5.92. The molecule has 0 aliphatic carbocycles. The molecule has 27 heavy (non-hydrogen) atoms. The van der Waals surface area contributed by atoms with Crippen LogP contribution in [0.2, 0.25) is 5.02 Å². The Morgan fingerprint density at radius 2 is 2.00 bits per heavy atom. The fourth-order valence-electron chi connectivity index (χ4n) is 3.68. The molecule has 1 aliphatic rings. The summed E-state index contributed by atoms with van der Waals surface area (Å²) in [6.07, 6.45) is 0.918. The summed E-state index contributed by atoms with van der Waals surface area (Å²) in [6.45, 7) is 6.28. The van der Waals surface area contributed by atoms with Gasteiger partial charge < -0.3 is 15.8 Å². The largest absolute Gasteiger partial charge is 0.496 e. The summed E-state index contributed by atoms with van der Waals surface area (Å²) in [5.41, 5.74) is 9.57. The summed E-state index contributed by atoms with van der Waals surface area (Å²) in [5, 5.41) is 3.55. The molecule has 0 spiro atoms. The van der Waals surface area contributed by atoms with Crippen LogP contribution in [-0.2, 0) is 6.54 Å². The summed E-state index contributed by atoms with van der Waals surface area (Å²) >= 11 is 6.32. The van der Waals surface area contributed by atoms with Crippen LogP contribution in [0.3, 0.4) is 0 Å². The second kappa shape index (κ2) is 8.19. The average Bonchev–Trinajstić information content (AvgIpc) is 3.10. The van der Waals surface area contributed by atoms with E-state index in [9.17, 15) is 4.79 Å². The number of hydrogen-bond donors (Lipinski definition) is 2. The van der Waals surface area contributed by atoms with Crippen molar-refractivity contribution < 1.29 is 9.53 Å². The van der Waals surface area contributed by atoms with Crippen molar-refractivity contribution in [2.24, 2.45) is 0 Å². The Bertz CT molecular complexity index is 839. The fraction of sp³-hybridized carbons (Fsp3) is 0.381. The van der Waals surface area contributed by atoms with Gasteiger partial charge in [-0.1, -0.05) is 41.9 Å². The zero-order chi connectivity index (χ0) is 19.6. The molecule has 6 heteroatoms. The van der Waals surface area contributed by atoms with Crippen molar-refractivity contribution in [1.82, 2.24) is 10.2 Å². The van der Waals surface area contributed by atoms with E-state index in [-0.39, 0.29) is 11.9 Å². The highest BCUT2D eigenvalue weighted by atomic mass is 35.5. The molecule has 1 fully saturated rings. The van der Waals surface area contributed by atoms with Crippen LogP contribution >= 0.6 is 11.6 Å². The third-order valence-corrected chi connectivity index (χ3v) is 5.69. The second-order valence-electron chi connectivity index (χ2n) is 7.07. The third-order valence-electron chi connectivity index (χ3n) is 5.20. The van der Waals surface area contributed by atoms with Crippen molar-refractivity contribution in [1.29, 1.82) is 0 Å². The Morgan fingerprint density at radius 3 is 2.67 bits per heavy atom. The van der Waals surface area contributed by atoms with Gasteiger partial charge in [0.05, 0.1) is 23.4 Å². The highest BCUT2D eigenvalue weighted by Crippen LogP contribution is 2.38. The summed E-state index contributed by atoms with van der Waals surface area (Å²) < 4.78 is 5.47. The number of nitrogens with one attached hydrogen (secondary N) is 1. The van der Waals surface area contributed by atoms with E-state index in [4.69, 9.17) is 22.1 Å². The van der Waals surface area contributed by atoms with Crippen molar-refractivity contribution in [2.45, 2.75) is 32.9 Å². The van der Waals surface area contributed by atoms with Crippen LogP contribution in [0.1, 0.15) is 33.5 Å². The molecule has 5 nitrogen and oxygen atoms in total. The number of halogens is 1. The predicted molar refractivity (Wildman–Crippen MR) is 109 cm³/mol. The van der Waals surface area contributed by atoms with Gasteiger partial charge in [-0.05, 0) is 31.4 Å². The van der Waals surface area contributed by atoms with Crippen molar-refractivity contribution in [3.8, 4) is 5.75 Å². The van der Waals surface area contributed by atoms with E-state index >= 15 is 0 Å². The molecule has 1 heterocycles.